The molecule has 0 aromatic rings. The zero-order chi connectivity index (χ0) is 29.4. The normalized spacial score (nSPS) is 26.5. The van der Waals surface area contributed by atoms with Crippen molar-refractivity contribution in [1.82, 2.24) is 9.80 Å². The summed E-state index contributed by atoms with van der Waals surface area (Å²) in [6, 6.07) is 0. The first-order chi connectivity index (χ1) is 17.2. The summed E-state index contributed by atoms with van der Waals surface area (Å²) in [6.45, 7) is 35.5. The summed E-state index contributed by atoms with van der Waals surface area (Å²) in [5.74, 6) is 0.123. The van der Waals surface area contributed by atoms with Gasteiger partial charge in [-0.15, -0.1) is 0 Å². The summed E-state index contributed by atoms with van der Waals surface area (Å²) in [5, 5.41) is 0.175. The number of likely N-dealkylation sites (tertiary alicyclic amines) is 2. The molecular formula is C28H52N2O4Se2Si2. The van der Waals surface area contributed by atoms with Crippen molar-refractivity contribution >= 4 is 54.7 Å². The fraction of sp³-hybridized carbons (Fsp3) is 0.786. The van der Waals surface area contributed by atoms with E-state index >= 15 is 0 Å². The molecular weight excluding hydrogens is 642 g/mol. The van der Waals surface area contributed by atoms with Gasteiger partial charge in [0.05, 0.1) is 0 Å². The molecule has 218 valence electrons. The molecule has 0 unspecified atom stereocenters. The average Bonchev–Trinajstić information content (AvgIpc) is 2.74. The van der Waals surface area contributed by atoms with Crippen molar-refractivity contribution in [3.05, 3.63) is 25.3 Å². The molecule has 0 aromatic heterocycles. The molecule has 38 heavy (non-hydrogen) atoms. The number of nitrogens with zero attached hydrogens (tertiary/aromatic N) is 2. The molecule has 0 aliphatic carbocycles. The zero-order valence-electron chi connectivity index (χ0n) is 25.8. The van der Waals surface area contributed by atoms with Gasteiger partial charge in [-0.05, 0) is 0 Å². The minimum absolute atomic E-state index is 0.0877. The van der Waals surface area contributed by atoms with E-state index < -0.39 is 16.6 Å². The second kappa shape index (κ2) is 12.4. The van der Waals surface area contributed by atoms with Crippen LogP contribution in [0.15, 0.2) is 25.3 Å². The van der Waals surface area contributed by atoms with Gasteiger partial charge in [0.15, 0.2) is 0 Å². The Morgan fingerprint density at radius 1 is 0.763 bits per heavy atom. The van der Waals surface area contributed by atoms with E-state index in [0.717, 1.165) is 0 Å². The Kier molecular flexibility index (Phi) is 11.1. The van der Waals surface area contributed by atoms with E-state index in [0.29, 0.717) is 13.1 Å². The molecule has 2 heterocycles. The molecule has 10 heteroatoms. The monoisotopic (exact) mass is 696 g/mol. The van der Waals surface area contributed by atoms with Crippen molar-refractivity contribution in [2.45, 2.75) is 114 Å². The van der Waals surface area contributed by atoms with Gasteiger partial charge in [-0.1, -0.05) is 0 Å². The summed E-state index contributed by atoms with van der Waals surface area (Å²) < 4.78 is 13.4. The van der Waals surface area contributed by atoms with Crippen LogP contribution in [0.4, 0.5) is 0 Å². The van der Waals surface area contributed by atoms with Crippen LogP contribution in [0.1, 0.15) is 55.4 Å². The topological polar surface area (TPSA) is 59.1 Å². The quantitative estimate of drug-likeness (QED) is 0.154. The summed E-state index contributed by atoms with van der Waals surface area (Å²) in [7, 11) is -4.01. The molecule has 0 aromatic carbocycles. The van der Waals surface area contributed by atoms with Crippen LogP contribution in [0.3, 0.4) is 0 Å². The van der Waals surface area contributed by atoms with Crippen molar-refractivity contribution in [3.8, 4) is 0 Å². The Morgan fingerprint density at radius 2 is 1.05 bits per heavy atom. The van der Waals surface area contributed by atoms with Crippen LogP contribution in [0.2, 0.25) is 36.3 Å². The fourth-order valence-corrected chi connectivity index (χ4v) is 18.2. The summed E-state index contributed by atoms with van der Waals surface area (Å²) in [4.78, 5) is 30.8. The average molecular weight is 695 g/mol. The second-order valence-electron chi connectivity index (χ2n) is 13.8. The van der Waals surface area contributed by atoms with E-state index in [1.54, 1.807) is 0 Å². The summed E-state index contributed by atoms with van der Waals surface area (Å²) >= 11 is 0.360. The SMILES string of the molecule is C=CCN1C(=O)[C@H]([C@@H](C)O[Si](C)(C)C(C)(C)C)[C@H]1[Se][Se][C@@H]1[C@@H]([C@@H](C)O[Si](C)(C)C(C)(C)C)C(=O)N1CC=C. The molecule has 2 rings (SSSR count). The molecule has 6 nitrogen and oxygen atoms in total. The third-order valence-corrected chi connectivity index (χ3v) is 26.9. The number of rotatable bonds is 13. The number of carbonyl (C=O) groups is 2. The second-order valence-corrected chi connectivity index (χ2v) is 30.3. The Bertz CT molecular complexity index is 828. The molecule has 2 aliphatic heterocycles. The maximum absolute atomic E-state index is 13.2. The van der Waals surface area contributed by atoms with Crippen LogP contribution in [0.25, 0.3) is 0 Å². The number of carbonyl (C=O) groups excluding carboxylic acids is 2. The van der Waals surface area contributed by atoms with Crippen molar-refractivity contribution in [1.29, 1.82) is 0 Å². The predicted octanol–water partition coefficient (Wildman–Crippen LogP) is 5.07. The summed E-state index contributed by atoms with van der Waals surface area (Å²) in [5.41, 5.74) is 0. The van der Waals surface area contributed by atoms with Gasteiger partial charge in [0.2, 0.25) is 0 Å². The molecule has 0 spiro atoms. The first-order valence-corrected chi connectivity index (χ1v) is 25.8. The fourth-order valence-electron chi connectivity index (χ4n) is 4.40. The van der Waals surface area contributed by atoms with Crippen molar-refractivity contribution < 1.29 is 18.4 Å². The summed E-state index contributed by atoms with van der Waals surface area (Å²) in [6.07, 6.45) is 3.41. The van der Waals surface area contributed by atoms with Gasteiger partial charge in [0.1, 0.15) is 0 Å². The zero-order valence-corrected chi connectivity index (χ0v) is 31.2. The van der Waals surface area contributed by atoms with Gasteiger partial charge < -0.3 is 0 Å². The Balaban J connectivity index is 2.21. The number of β-lactam (4-membered cyclic amide) rings is 2. The van der Waals surface area contributed by atoms with Crippen LogP contribution in [-0.2, 0) is 18.4 Å². The van der Waals surface area contributed by atoms with Gasteiger partial charge in [0.25, 0.3) is 0 Å². The first kappa shape index (κ1) is 34.0. The third-order valence-electron chi connectivity index (χ3n) is 8.85. The Labute approximate surface area is 245 Å². The van der Waals surface area contributed by atoms with Crippen molar-refractivity contribution in [2.75, 3.05) is 13.1 Å². The molecule has 0 bridgehead atoms. The predicted molar refractivity (Wildman–Crippen MR) is 165 cm³/mol. The van der Waals surface area contributed by atoms with Gasteiger partial charge in [-0.2, -0.15) is 0 Å². The number of amides is 2. The standard InChI is InChI=1S/C28H52N2O4Se2Si2/c1-15-17-29-23(31)21(19(3)33-37(11,12)27(5,6)7)25(29)35-36-26-22(24(32)30(26)18-16-2)20(4)34-38(13,14)28(8,9)10/h15-16,19-22,25-26H,1-2,17-18H2,3-14H3/t19-,20-,21+,22+,25-,26-/m1/s1. The van der Waals surface area contributed by atoms with Crippen LogP contribution >= 0.6 is 0 Å². The first-order valence-electron chi connectivity index (χ1n) is 13.7. The van der Waals surface area contributed by atoms with Crippen LogP contribution < -0.4 is 0 Å². The molecule has 6 atom stereocenters. The van der Waals surface area contributed by atoms with Gasteiger partial charge >= 0.3 is 247 Å². The number of hydrogen-bond donors (Lipinski definition) is 0. The van der Waals surface area contributed by atoms with E-state index in [1.807, 2.05) is 22.0 Å². The maximum atomic E-state index is 13.2. The molecule has 2 amide bonds. The van der Waals surface area contributed by atoms with Crippen LogP contribution in [0, 0.1) is 11.8 Å². The molecule has 0 N–H and O–H groups in total. The minimum atomic E-state index is -2.00. The van der Waals surface area contributed by atoms with E-state index in [2.05, 4.69) is 94.7 Å². The van der Waals surface area contributed by atoms with Crippen LogP contribution in [0.5, 0.6) is 0 Å². The van der Waals surface area contributed by atoms with Gasteiger partial charge in [-0.3, -0.25) is 0 Å². The van der Waals surface area contributed by atoms with Gasteiger partial charge in [0, 0.05) is 0 Å². The van der Waals surface area contributed by atoms with Crippen LogP contribution in [-0.4, -0.2) is 99.7 Å². The molecule has 2 fully saturated rings. The van der Waals surface area contributed by atoms with E-state index in [9.17, 15) is 9.59 Å². The van der Waals surface area contributed by atoms with Gasteiger partial charge in [-0.25, -0.2) is 0 Å². The van der Waals surface area contributed by atoms with E-state index in [1.165, 1.54) is 0 Å². The van der Waals surface area contributed by atoms with Crippen molar-refractivity contribution in [2.24, 2.45) is 11.8 Å². The third kappa shape index (κ3) is 6.99. The van der Waals surface area contributed by atoms with E-state index in [4.69, 9.17) is 8.85 Å². The molecule has 0 saturated carbocycles. The Morgan fingerprint density at radius 3 is 1.29 bits per heavy atom. The van der Waals surface area contributed by atoms with Crippen molar-refractivity contribution in [3.63, 3.8) is 0 Å². The van der Waals surface area contributed by atoms with E-state index in [-0.39, 0.29) is 82.1 Å². The molecule has 2 saturated heterocycles. The molecule has 2 aliphatic rings. The molecule has 0 radical (unpaired) electrons. The number of hydrogen-bond acceptors (Lipinski definition) is 4. The Hall–Kier alpha value is -0.187.